The van der Waals surface area contributed by atoms with Crippen LogP contribution in [0.15, 0.2) is 12.2 Å². The lowest BCUT2D eigenvalue weighted by Crippen LogP contribution is -2.29. The molecule has 6 heteroatoms. The summed E-state index contributed by atoms with van der Waals surface area (Å²) < 4.78 is 21.1. The molecule has 2 unspecified atom stereocenters. The topological polar surface area (TPSA) is 77.7 Å². The highest BCUT2D eigenvalue weighted by atomic mass is 16.6. The molecule has 2 heterocycles. The molecule has 0 bridgehead atoms. The summed E-state index contributed by atoms with van der Waals surface area (Å²) in [5, 5.41) is 0. The van der Waals surface area contributed by atoms with Crippen molar-refractivity contribution in [1.82, 2.24) is 0 Å². The van der Waals surface area contributed by atoms with E-state index in [1.807, 2.05) is 27.7 Å². The number of hydrogen-bond donors (Lipinski definition) is 0. The Bertz CT molecular complexity index is 442. The molecule has 2 fully saturated rings. The first kappa shape index (κ1) is 18.9. The van der Waals surface area contributed by atoms with Crippen molar-refractivity contribution in [2.75, 3.05) is 13.2 Å². The van der Waals surface area contributed by atoms with Crippen molar-refractivity contribution >= 4 is 11.9 Å². The number of esters is 2. The molecule has 2 saturated heterocycles. The summed E-state index contributed by atoms with van der Waals surface area (Å²) in [7, 11) is 0. The summed E-state index contributed by atoms with van der Waals surface area (Å²) >= 11 is 0. The summed E-state index contributed by atoms with van der Waals surface area (Å²) in [6, 6.07) is 0. The number of epoxide rings is 2. The van der Waals surface area contributed by atoms with E-state index in [9.17, 15) is 9.59 Å². The second kappa shape index (κ2) is 7.66. The van der Waals surface area contributed by atoms with E-state index in [-0.39, 0.29) is 0 Å². The number of hydrogen-bond acceptors (Lipinski definition) is 6. The highest BCUT2D eigenvalue weighted by Crippen LogP contribution is 2.25. The van der Waals surface area contributed by atoms with Crippen molar-refractivity contribution in [1.29, 1.82) is 0 Å². The van der Waals surface area contributed by atoms with Gasteiger partial charge in [0.2, 0.25) is 0 Å². The normalized spacial score (nSPS) is 23.2. The van der Waals surface area contributed by atoms with Crippen molar-refractivity contribution in [2.45, 2.75) is 76.8 Å². The van der Waals surface area contributed by atoms with E-state index < -0.39 is 23.1 Å². The summed E-state index contributed by atoms with van der Waals surface area (Å²) in [5.74, 6) is -1.09. The third-order valence-corrected chi connectivity index (χ3v) is 4.05. The molecule has 0 aliphatic carbocycles. The largest absolute Gasteiger partial charge is 0.457 e. The van der Waals surface area contributed by atoms with Crippen LogP contribution in [0.5, 0.6) is 0 Å². The van der Waals surface area contributed by atoms with Gasteiger partial charge in [0.1, 0.15) is 11.2 Å². The predicted octanol–water partition coefficient (Wildman–Crippen LogP) is 2.54. The van der Waals surface area contributed by atoms with E-state index in [0.29, 0.717) is 12.2 Å². The van der Waals surface area contributed by atoms with Crippen LogP contribution in [0.1, 0.15) is 53.4 Å². The molecule has 0 spiro atoms. The minimum atomic E-state index is -0.583. The van der Waals surface area contributed by atoms with Crippen molar-refractivity contribution in [3.63, 3.8) is 0 Å². The predicted molar refractivity (Wildman–Crippen MR) is 87.4 cm³/mol. The fraction of sp³-hybridized carbons (Fsp3) is 0.778. The zero-order valence-electron chi connectivity index (χ0n) is 15.0. The van der Waals surface area contributed by atoms with Gasteiger partial charge in [-0.15, -0.1) is 0 Å². The second-order valence-corrected chi connectivity index (χ2v) is 7.68. The maximum Gasteiger partial charge on any atom is 0.331 e. The van der Waals surface area contributed by atoms with Crippen LogP contribution in [0, 0.1) is 0 Å². The number of ether oxygens (including phenoxy) is 4. The SMILES string of the molecule is CC(C)(CCC1CO1)OC(=O)/C=C\C(=O)OC(C)(C)CCC1CO1. The molecule has 0 saturated carbocycles. The Hall–Kier alpha value is -1.40. The average molecular weight is 340 g/mol. The van der Waals surface area contributed by atoms with Crippen molar-refractivity contribution in [3.05, 3.63) is 12.2 Å². The van der Waals surface area contributed by atoms with Crippen LogP contribution >= 0.6 is 0 Å². The molecule has 0 aromatic heterocycles. The first-order chi connectivity index (χ1) is 11.2. The van der Waals surface area contributed by atoms with E-state index in [2.05, 4.69) is 0 Å². The Kier molecular flexibility index (Phi) is 6.04. The van der Waals surface area contributed by atoms with Gasteiger partial charge in [0.05, 0.1) is 25.4 Å². The van der Waals surface area contributed by atoms with Crippen molar-refractivity contribution < 1.29 is 28.5 Å². The van der Waals surface area contributed by atoms with Gasteiger partial charge in [0.25, 0.3) is 0 Å². The van der Waals surface area contributed by atoms with Crippen LogP contribution in [0.3, 0.4) is 0 Å². The summed E-state index contributed by atoms with van der Waals surface area (Å²) in [6.07, 6.45) is 6.02. The second-order valence-electron chi connectivity index (χ2n) is 7.68. The maximum atomic E-state index is 11.8. The van der Waals surface area contributed by atoms with E-state index in [4.69, 9.17) is 18.9 Å². The van der Waals surface area contributed by atoms with Gasteiger partial charge in [-0.3, -0.25) is 0 Å². The first-order valence-corrected chi connectivity index (χ1v) is 8.52. The molecule has 0 amide bonds. The highest BCUT2D eigenvalue weighted by Gasteiger charge is 2.30. The van der Waals surface area contributed by atoms with Gasteiger partial charge >= 0.3 is 11.9 Å². The minimum Gasteiger partial charge on any atom is -0.457 e. The average Bonchev–Trinajstić information content (AvgIpc) is 3.35. The van der Waals surface area contributed by atoms with Gasteiger partial charge < -0.3 is 18.9 Å². The van der Waals surface area contributed by atoms with Gasteiger partial charge in [-0.1, -0.05) is 0 Å². The number of carbonyl (C=O) groups excluding carboxylic acids is 2. The number of rotatable bonds is 10. The lowest BCUT2D eigenvalue weighted by molar-refractivity contribution is -0.154. The van der Waals surface area contributed by atoms with Crippen LogP contribution in [0.2, 0.25) is 0 Å². The fourth-order valence-electron chi connectivity index (χ4n) is 2.34. The van der Waals surface area contributed by atoms with Gasteiger partial charge in [-0.2, -0.15) is 0 Å². The Morgan fingerprint density at radius 3 is 1.50 bits per heavy atom. The number of carbonyl (C=O) groups is 2. The standard InChI is InChI=1S/C18H28O6/c1-17(2,9-7-13-11-21-13)23-15(19)5-6-16(20)24-18(3,4)10-8-14-12-22-14/h5-6,13-14H,7-12H2,1-4H3/b6-5-. The molecule has 2 atom stereocenters. The molecule has 0 aromatic carbocycles. The van der Waals surface area contributed by atoms with Crippen LogP contribution in [0.25, 0.3) is 0 Å². The van der Waals surface area contributed by atoms with Gasteiger partial charge in [0, 0.05) is 12.2 Å². The smallest absolute Gasteiger partial charge is 0.331 e. The monoisotopic (exact) mass is 340 g/mol. The molecule has 136 valence electrons. The lowest BCUT2D eigenvalue weighted by Gasteiger charge is -2.24. The van der Waals surface area contributed by atoms with Crippen LogP contribution < -0.4 is 0 Å². The van der Waals surface area contributed by atoms with Gasteiger partial charge in [-0.25, -0.2) is 9.59 Å². The fourth-order valence-corrected chi connectivity index (χ4v) is 2.34. The summed E-state index contributed by atoms with van der Waals surface area (Å²) in [5.41, 5.74) is -1.17. The Morgan fingerprint density at radius 2 is 1.21 bits per heavy atom. The van der Waals surface area contributed by atoms with Crippen molar-refractivity contribution in [3.8, 4) is 0 Å². The Morgan fingerprint density at radius 1 is 0.875 bits per heavy atom. The Labute approximate surface area is 143 Å². The van der Waals surface area contributed by atoms with Crippen molar-refractivity contribution in [2.24, 2.45) is 0 Å². The summed E-state index contributed by atoms with van der Waals surface area (Å²) in [6.45, 7) is 8.98. The third kappa shape index (κ3) is 7.93. The molecular formula is C18H28O6. The van der Waals surface area contributed by atoms with E-state index in [0.717, 1.165) is 51.0 Å². The molecular weight excluding hydrogens is 312 g/mol. The quantitative estimate of drug-likeness (QED) is 0.345. The zero-order valence-corrected chi connectivity index (χ0v) is 15.0. The lowest BCUT2D eigenvalue weighted by atomic mass is 10.0. The minimum absolute atomic E-state index is 0.303. The molecule has 0 radical (unpaired) electrons. The third-order valence-electron chi connectivity index (χ3n) is 4.05. The van der Waals surface area contributed by atoms with Gasteiger partial charge in [-0.05, 0) is 53.4 Å². The molecule has 24 heavy (non-hydrogen) atoms. The molecule has 0 aromatic rings. The van der Waals surface area contributed by atoms with Crippen LogP contribution in [0.4, 0.5) is 0 Å². The zero-order chi connectivity index (χ0) is 17.8. The molecule has 2 rings (SSSR count). The Balaban J connectivity index is 1.69. The van der Waals surface area contributed by atoms with Crippen LogP contribution in [-0.4, -0.2) is 48.6 Å². The van der Waals surface area contributed by atoms with Gasteiger partial charge in [0.15, 0.2) is 0 Å². The van der Waals surface area contributed by atoms with Crippen LogP contribution in [-0.2, 0) is 28.5 Å². The maximum absolute atomic E-state index is 11.8. The van der Waals surface area contributed by atoms with E-state index in [1.165, 1.54) is 0 Å². The summed E-state index contributed by atoms with van der Waals surface area (Å²) in [4.78, 5) is 23.7. The first-order valence-electron chi connectivity index (χ1n) is 8.52. The molecule has 6 nitrogen and oxygen atoms in total. The molecule has 0 N–H and O–H groups in total. The van der Waals surface area contributed by atoms with E-state index >= 15 is 0 Å². The van der Waals surface area contributed by atoms with E-state index in [1.54, 1.807) is 0 Å². The highest BCUT2D eigenvalue weighted by molar-refractivity contribution is 5.91. The molecule has 2 aliphatic heterocycles. The molecule has 2 aliphatic rings.